The molecule has 1 aromatic heterocycles. The maximum absolute atomic E-state index is 12.3. The minimum absolute atomic E-state index is 0.107. The van der Waals surface area contributed by atoms with Crippen LogP contribution in [0.25, 0.3) is 6.08 Å². The first kappa shape index (κ1) is 18.6. The standard InChI is InChI=1S/C22H27N3O3/c26-22(24-20-14-23-28-16-20)25-10-8-17(9-11-25)12-19-6-3-7-21(13-19)27-15-18-4-1-2-5-18/h3,6-7,12-14,16,18H,1-2,4-5,8-11,15H2,(H,24,26). The van der Waals surface area contributed by atoms with Crippen LogP contribution < -0.4 is 10.1 Å². The molecule has 0 radical (unpaired) electrons. The fourth-order valence-electron chi connectivity index (χ4n) is 3.93. The fourth-order valence-corrected chi connectivity index (χ4v) is 3.93. The van der Waals surface area contributed by atoms with Crippen molar-refractivity contribution >= 4 is 17.8 Å². The average molecular weight is 381 g/mol. The van der Waals surface area contributed by atoms with Gasteiger partial charge in [0, 0.05) is 13.1 Å². The van der Waals surface area contributed by atoms with Crippen LogP contribution in [0.3, 0.4) is 0 Å². The van der Waals surface area contributed by atoms with Crippen molar-refractivity contribution in [1.29, 1.82) is 0 Å². The van der Waals surface area contributed by atoms with E-state index in [0.29, 0.717) is 18.8 Å². The number of carbonyl (C=O) groups excluding carboxylic acids is 1. The highest BCUT2D eigenvalue weighted by Crippen LogP contribution is 2.26. The predicted octanol–water partition coefficient (Wildman–Crippen LogP) is 4.95. The van der Waals surface area contributed by atoms with Crippen molar-refractivity contribution in [2.45, 2.75) is 38.5 Å². The molecule has 2 amide bonds. The zero-order valence-electron chi connectivity index (χ0n) is 16.1. The summed E-state index contributed by atoms with van der Waals surface area (Å²) in [6, 6.07) is 8.21. The summed E-state index contributed by atoms with van der Waals surface area (Å²) in [7, 11) is 0. The third-order valence-electron chi connectivity index (χ3n) is 5.57. The summed E-state index contributed by atoms with van der Waals surface area (Å²) >= 11 is 0. The molecular formula is C22H27N3O3. The summed E-state index contributed by atoms with van der Waals surface area (Å²) in [6.45, 7) is 2.25. The molecule has 6 heteroatoms. The van der Waals surface area contributed by atoms with E-state index in [1.54, 1.807) is 0 Å². The van der Waals surface area contributed by atoms with Crippen LogP contribution in [-0.4, -0.2) is 35.8 Å². The quantitative estimate of drug-likeness (QED) is 0.795. The van der Waals surface area contributed by atoms with Gasteiger partial charge in [0.1, 0.15) is 17.7 Å². The number of aromatic nitrogens is 1. The van der Waals surface area contributed by atoms with E-state index in [0.717, 1.165) is 31.1 Å². The van der Waals surface area contributed by atoms with E-state index in [4.69, 9.17) is 9.26 Å². The minimum atomic E-state index is -0.107. The Morgan fingerprint density at radius 2 is 2.11 bits per heavy atom. The molecule has 0 spiro atoms. The molecule has 0 atom stereocenters. The molecule has 28 heavy (non-hydrogen) atoms. The van der Waals surface area contributed by atoms with Gasteiger partial charge in [-0.3, -0.25) is 0 Å². The Balaban J connectivity index is 1.29. The van der Waals surface area contributed by atoms with Gasteiger partial charge < -0.3 is 19.5 Å². The number of urea groups is 1. The number of amides is 2. The first-order chi connectivity index (χ1) is 13.8. The van der Waals surface area contributed by atoms with Crippen molar-refractivity contribution < 1.29 is 14.1 Å². The number of piperidine rings is 1. The van der Waals surface area contributed by atoms with Crippen LogP contribution in [0.2, 0.25) is 0 Å². The smallest absolute Gasteiger partial charge is 0.321 e. The largest absolute Gasteiger partial charge is 0.493 e. The number of hydrogen-bond donors (Lipinski definition) is 1. The van der Waals surface area contributed by atoms with Gasteiger partial charge in [0.2, 0.25) is 0 Å². The van der Waals surface area contributed by atoms with Gasteiger partial charge in [0.05, 0.1) is 12.8 Å². The van der Waals surface area contributed by atoms with Crippen LogP contribution in [0, 0.1) is 5.92 Å². The average Bonchev–Trinajstić information content (AvgIpc) is 3.41. The summed E-state index contributed by atoms with van der Waals surface area (Å²) in [5.74, 6) is 1.67. The Hall–Kier alpha value is -2.76. The summed E-state index contributed by atoms with van der Waals surface area (Å²) in [5.41, 5.74) is 3.11. The van der Waals surface area contributed by atoms with Gasteiger partial charge in [0.25, 0.3) is 0 Å². The molecule has 1 saturated carbocycles. The monoisotopic (exact) mass is 381 g/mol. The number of carbonyl (C=O) groups is 1. The molecule has 1 aromatic carbocycles. The number of benzene rings is 1. The highest BCUT2D eigenvalue weighted by atomic mass is 16.5. The number of ether oxygens (including phenoxy) is 1. The maximum atomic E-state index is 12.3. The lowest BCUT2D eigenvalue weighted by Crippen LogP contribution is -2.39. The Kier molecular flexibility index (Phi) is 5.95. The molecule has 0 bridgehead atoms. The van der Waals surface area contributed by atoms with Gasteiger partial charge >= 0.3 is 6.03 Å². The zero-order chi connectivity index (χ0) is 19.2. The van der Waals surface area contributed by atoms with Gasteiger partial charge in [0.15, 0.2) is 0 Å². The van der Waals surface area contributed by atoms with Crippen molar-refractivity contribution in [2.75, 3.05) is 25.0 Å². The molecule has 0 unspecified atom stereocenters. The number of nitrogens with one attached hydrogen (secondary N) is 1. The van der Waals surface area contributed by atoms with Crippen molar-refractivity contribution in [2.24, 2.45) is 5.92 Å². The number of nitrogens with zero attached hydrogens (tertiary/aromatic N) is 2. The second-order valence-electron chi connectivity index (χ2n) is 7.67. The Morgan fingerprint density at radius 3 is 2.86 bits per heavy atom. The van der Waals surface area contributed by atoms with E-state index in [-0.39, 0.29) is 6.03 Å². The summed E-state index contributed by atoms with van der Waals surface area (Å²) in [6.07, 6.45) is 12.2. The van der Waals surface area contributed by atoms with Crippen molar-refractivity contribution in [1.82, 2.24) is 10.1 Å². The summed E-state index contributed by atoms with van der Waals surface area (Å²) in [5, 5.41) is 6.39. The molecule has 2 aromatic rings. The van der Waals surface area contributed by atoms with Crippen LogP contribution in [0.5, 0.6) is 5.75 Å². The first-order valence-corrected chi connectivity index (χ1v) is 10.1. The van der Waals surface area contributed by atoms with Gasteiger partial charge in [-0.05, 0) is 49.3 Å². The lowest BCUT2D eigenvalue weighted by Gasteiger charge is -2.28. The molecule has 148 valence electrons. The first-order valence-electron chi connectivity index (χ1n) is 10.1. The van der Waals surface area contributed by atoms with Crippen LogP contribution in [0.4, 0.5) is 10.5 Å². The third-order valence-corrected chi connectivity index (χ3v) is 5.57. The molecule has 1 saturated heterocycles. The lowest BCUT2D eigenvalue weighted by molar-refractivity contribution is 0.208. The van der Waals surface area contributed by atoms with Crippen LogP contribution in [0.15, 0.2) is 46.8 Å². The third kappa shape index (κ3) is 4.94. The van der Waals surface area contributed by atoms with Gasteiger partial charge in [-0.15, -0.1) is 0 Å². The Labute approximate surface area is 165 Å². The van der Waals surface area contributed by atoms with Crippen LogP contribution in [0.1, 0.15) is 44.1 Å². The highest BCUT2D eigenvalue weighted by Gasteiger charge is 2.19. The molecule has 2 fully saturated rings. The molecular weight excluding hydrogens is 354 g/mol. The molecule has 2 heterocycles. The Morgan fingerprint density at radius 1 is 1.29 bits per heavy atom. The SMILES string of the molecule is O=C(Nc1cnoc1)N1CCC(=Cc2cccc(OCC3CCCC3)c2)CC1. The van der Waals surface area contributed by atoms with Crippen molar-refractivity contribution in [3.8, 4) is 5.75 Å². The van der Waals surface area contributed by atoms with E-state index in [1.807, 2.05) is 11.0 Å². The summed E-state index contributed by atoms with van der Waals surface area (Å²) < 4.78 is 10.8. The van der Waals surface area contributed by atoms with E-state index in [9.17, 15) is 4.79 Å². The number of likely N-dealkylation sites (tertiary alicyclic amines) is 1. The normalized spacial score (nSPS) is 17.6. The maximum Gasteiger partial charge on any atom is 0.321 e. The van der Waals surface area contributed by atoms with Crippen LogP contribution >= 0.6 is 0 Å². The van der Waals surface area contributed by atoms with Crippen molar-refractivity contribution in [3.05, 3.63) is 47.9 Å². The highest BCUT2D eigenvalue weighted by molar-refractivity contribution is 5.89. The minimum Gasteiger partial charge on any atom is -0.493 e. The number of rotatable bonds is 5. The second-order valence-corrected chi connectivity index (χ2v) is 7.67. The molecule has 1 aliphatic carbocycles. The molecule has 2 aliphatic rings. The van der Waals surface area contributed by atoms with Gasteiger partial charge in [-0.1, -0.05) is 41.8 Å². The fraction of sp³-hybridized carbons (Fsp3) is 0.455. The molecule has 4 rings (SSSR count). The van der Waals surface area contributed by atoms with Gasteiger partial charge in [-0.25, -0.2) is 4.79 Å². The number of hydrogen-bond acceptors (Lipinski definition) is 4. The predicted molar refractivity (Wildman–Crippen MR) is 108 cm³/mol. The van der Waals surface area contributed by atoms with Gasteiger partial charge in [-0.2, -0.15) is 0 Å². The van der Waals surface area contributed by atoms with Crippen LogP contribution in [-0.2, 0) is 0 Å². The van der Waals surface area contributed by atoms with E-state index in [1.165, 1.54) is 49.3 Å². The van der Waals surface area contributed by atoms with Crippen molar-refractivity contribution in [3.63, 3.8) is 0 Å². The molecule has 6 nitrogen and oxygen atoms in total. The summed E-state index contributed by atoms with van der Waals surface area (Å²) in [4.78, 5) is 14.1. The van der Waals surface area contributed by atoms with E-state index < -0.39 is 0 Å². The lowest BCUT2D eigenvalue weighted by atomic mass is 10.0. The molecule has 1 aliphatic heterocycles. The number of anilines is 1. The zero-order valence-corrected chi connectivity index (χ0v) is 16.1. The van der Waals surface area contributed by atoms with E-state index >= 15 is 0 Å². The van der Waals surface area contributed by atoms with E-state index in [2.05, 4.69) is 34.7 Å². The Bertz CT molecular complexity index is 800. The molecule has 1 N–H and O–H groups in total. The topological polar surface area (TPSA) is 67.6 Å². The second kappa shape index (κ2) is 8.95.